The molecule has 8 rings (SSSR count). The Morgan fingerprint density at radius 3 is 2.53 bits per heavy atom. The zero-order valence-corrected chi connectivity index (χ0v) is 36.4. The highest BCUT2D eigenvalue weighted by molar-refractivity contribution is 7.90. The lowest BCUT2D eigenvalue weighted by Gasteiger charge is -2.39. The molecule has 0 bridgehead atoms. The number of carbonyl (C=O) groups excluding carboxylic acids is 1. The van der Waals surface area contributed by atoms with E-state index < -0.39 is 31.4 Å². The average molecular weight is 886 g/mol. The minimum Gasteiger partial charge on any atom is -0.455 e. The van der Waals surface area contributed by atoms with Crippen molar-refractivity contribution in [3.05, 3.63) is 117 Å². The van der Waals surface area contributed by atoms with Gasteiger partial charge in [0.1, 0.15) is 22.8 Å². The third kappa shape index (κ3) is 10.4. The first-order chi connectivity index (χ1) is 29.3. The van der Waals surface area contributed by atoms with Crippen molar-refractivity contribution in [2.45, 2.75) is 50.8 Å². The normalized spacial score (nSPS) is 17.4. The van der Waals surface area contributed by atoms with E-state index in [9.17, 15) is 23.3 Å². The number of benzene rings is 3. The fourth-order valence-electron chi connectivity index (χ4n) is 8.40. The van der Waals surface area contributed by atoms with Crippen LogP contribution in [0.1, 0.15) is 61.9 Å². The summed E-state index contributed by atoms with van der Waals surface area (Å²) in [6.07, 6.45) is 8.13. The Balaban J connectivity index is 0.00000578. The van der Waals surface area contributed by atoms with Gasteiger partial charge in [-0.05, 0) is 103 Å². The van der Waals surface area contributed by atoms with E-state index in [1.165, 1.54) is 35.0 Å². The number of halogens is 1. The first-order valence-electron chi connectivity index (χ1n) is 20.7. The summed E-state index contributed by atoms with van der Waals surface area (Å²) >= 11 is 6.24. The summed E-state index contributed by atoms with van der Waals surface area (Å²) in [6, 6.07) is 20.4. The van der Waals surface area contributed by atoms with Crippen LogP contribution in [0, 0.1) is 21.4 Å². The first-order valence-corrected chi connectivity index (χ1v) is 22.5. The SMILES string of the molecule is CC1(C)CCC(CN2CCN(c3ccc(C(=O)NS(=O)(=O)c4ccc(NCC5CCOCC5)c([N+](=O)[O-])c4)c(Oc4cnc5[nH]ccc5c4)c3)CC2)=C(c2ccc(Cl)cc2)C1.O. The summed E-state index contributed by atoms with van der Waals surface area (Å²) in [6.45, 7) is 10.4. The van der Waals surface area contributed by atoms with Crippen LogP contribution in [0.4, 0.5) is 17.1 Å². The number of nitro groups is 1. The number of ether oxygens (including phenoxy) is 2. The summed E-state index contributed by atoms with van der Waals surface area (Å²) in [5.41, 5.74) is 5.55. The number of H-pyrrole nitrogens is 1. The van der Waals surface area contributed by atoms with Crippen LogP contribution in [0.5, 0.6) is 11.5 Å². The third-order valence-electron chi connectivity index (χ3n) is 12.0. The maximum atomic E-state index is 13.9. The number of nitro benzene ring substituents is 1. The Morgan fingerprint density at radius 2 is 1.79 bits per heavy atom. The predicted octanol–water partition coefficient (Wildman–Crippen LogP) is 7.84. The number of allylic oxidation sites excluding steroid dienone is 1. The monoisotopic (exact) mass is 885 g/mol. The molecule has 5 aromatic rings. The number of pyridine rings is 1. The molecule has 15 nitrogen and oxygen atoms in total. The number of aromatic amines is 1. The zero-order valence-electron chi connectivity index (χ0n) is 34.8. The summed E-state index contributed by atoms with van der Waals surface area (Å²) in [7, 11) is -4.55. The molecular weight excluding hydrogens is 834 g/mol. The van der Waals surface area contributed by atoms with Gasteiger partial charge in [-0.2, -0.15) is 0 Å². The van der Waals surface area contributed by atoms with Crippen LogP contribution in [0.15, 0.2) is 95.7 Å². The molecule has 1 amide bonds. The Morgan fingerprint density at radius 1 is 1.03 bits per heavy atom. The highest BCUT2D eigenvalue weighted by Crippen LogP contribution is 2.43. The number of carbonyl (C=O) groups is 1. The number of hydrogen-bond donors (Lipinski definition) is 3. The average Bonchev–Trinajstić information content (AvgIpc) is 3.72. The largest absolute Gasteiger partial charge is 0.455 e. The Hall–Kier alpha value is -5.52. The molecule has 62 heavy (non-hydrogen) atoms. The van der Waals surface area contributed by atoms with Crippen molar-refractivity contribution in [2.75, 3.05) is 62.7 Å². The maximum Gasteiger partial charge on any atom is 0.293 e. The number of aromatic nitrogens is 2. The van der Waals surface area contributed by atoms with Crippen LogP contribution in [0.3, 0.4) is 0 Å². The minimum absolute atomic E-state index is 0. The van der Waals surface area contributed by atoms with E-state index in [-0.39, 0.29) is 33.8 Å². The fraction of sp³-hybridized carbons (Fsp3) is 0.378. The number of nitrogens with zero attached hydrogens (tertiary/aromatic N) is 4. The van der Waals surface area contributed by atoms with Crippen LogP contribution in [-0.4, -0.2) is 92.1 Å². The number of rotatable bonds is 13. The molecule has 17 heteroatoms. The molecule has 0 atom stereocenters. The molecule has 4 heterocycles. The maximum absolute atomic E-state index is 13.9. The van der Waals surface area contributed by atoms with Crippen LogP contribution in [0.2, 0.25) is 5.02 Å². The van der Waals surface area contributed by atoms with E-state index in [4.69, 9.17) is 21.1 Å². The first kappa shape index (κ1) is 44.5. The van der Waals surface area contributed by atoms with Gasteiger partial charge in [0.25, 0.3) is 21.6 Å². The second kappa shape index (κ2) is 18.8. The number of piperazine rings is 1. The summed E-state index contributed by atoms with van der Waals surface area (Å²) in [5.74, 6) is -0.195. The van der Waals surface area contributed by atoms with Crippen molar-refractivity contribution in [2.24, 2.45) is 11.3 Å². The Kier molecular flexibility index (Phi) is 13.5. The zero-order chi connectivity index (χ0) is 42.7. The van der Waals surface area contributed by atoms with Gasteiger partial charge in [0, 0.05) is 86.9 Å². The van der Waals surface area contributed by atoms with Gasteiger partial charge in [0.05, 0.1) is 21.6 Å². The number of sulfonamides is 1. The predicted molar refractivity (Wildman–Crippen MR) is 241 cm³/mol. The van der Waals surface area contributed by atoms with Crippen molar-refractivity contribution < 1.29 is 33.1 Å². The lowest BCUT2D eigenvalue weighted by molar-refractivity contribution is -0.384. The van der Waals surface area contributed by atoms with Gasteiger partial charge in [-0.25, -0.2) is 18.1 Å². The Labute approximate surface area is 366 Å². The van der Waals surface area contributed by atoms with Crippen LogP contribution < -0.4 is 19.7 Å². The third-order valence-corrected chi connectivity index (χ3v) is 13.5. The van der Waals surface area contributed by atoms with Crippen molar-refractivity contribution in [1.29, 1.82) is 0 Å². The second-order valence-corrected chi connectivity index (χ2v) is 19.0. The van der Waals surface area contributed by atoms with Crippen molar-refractivity contribution in [3.63, 3.8) is 0 Å². The molecular formula is C45H52ClN7O8S. The Bertz CT molecular complexity index is 2570. The fourth-order valence-corrected chi connectivity index (χ4v) is 9.51. The number of fused-ring (bicyclic) bond motifs is 1. The van der Waals surface area contributed by atoms with Crippen molar-refractivity contribution >= 4 is 61.2 Å². The summed E-state index contributed by atoms with van der Waals surface area (Å²) in [4.78, 5) is 37.1. The highest BCUT2D eigenvalue weighted by Gasteiger charge is 2.31. The molecule has 2 saturated heterocycles. The molecule has 328 valence electrons. The van der Waals surface area contributed by atoms with E-state index in [1.54, 1.807) is 30.5 Å². The molecule has 0 spiro atoms. The van der Waals surface area contributed by atoms with Crippen LogP contribution >= 0.6 is 11.6 Å². The standard InChI is InChI=1S/C45H50ClN7O7S.H2O/c1-45(2)15-11-33(39(26-45)31-3-5-34(46)6-4-31)29-51-17-19-52(20-18-51)35-7-9-38(42(24-35)60-36-23-32-12-16-47-43(32)49-28-36)44(54)50-61(57,58)37-8-10-40(41(25-37)53(55)56)48-27-30-13-21-59-22-14-30;/h3-10,12,16,23-25,28,30,48H,11,13-15,17-22,26-27,29H2,1-2H3,(H,47,49)(H,50,54);1H2. The molecule has 2 aliphatic heterocycles. The van der Waals surface area contributed by atoms with Gasteiger partial charge in [-0.15, -0.1) is 0 Å². The molecule has 1 aliphatic carbocycles. The molecule has 5 N–H and O–H groups in total. The van der Waals surface area contributed by atoms with Gasteiger partial charge >= 0.3 is 0 Å². The molecule has 2 fully saturated rings. The van der Waals surface area contributed by atoms with Gasteiger partial charge < -0.3 is 30.2 Å². The van der Waals surface area contributed by atoms with Crippen molar-refractivity contribution in [1.82, 2.24) is 19.6 Å². The number of nitrogens with one attached hydrogen (secondary N) is 3. The lowest BCUT2D eigenvalue weighted by Crippen LogP contribution is -2.47. The molecule has 0 unspecified atom stereocenters. The molecule has 0 saturated carbocycles. The van der Waals surface area contributed by atoms with Crippen LogP contribution in [-0.2, 0) is 14.8 Å². The minimum atomic E-state index is -4.55. The van der Waals surface area contributed by atoms with Gasteiger partial charge in [0.2, 0.25) is 0 Å². The van der Waals surface area contributed by atoms with E-state index in [1.807, 2.05) is 18.2 Å². The second-order valence-electron chi connectivity index (χ2n) is 16.9. The summed E-state index contributed by atoms with van der Waals surface area (Å²) < 4.78 is 41.2. The number of anilines is 2. The van der Waals surface area contributed by atoms with Gasteiger partial charge in [0.15, 0.2) is 0 Å². The van der Waals surface area contributed by atoms with E-state index in [2.05, 4.69) is 55.8 Å². The molecule has 3 aliphatic rings. The quantitative estimate of drug-likeness (QED) is 0.0768. The smallest absolute Gasteiger partial charge is 0.293 e. The molecule has 2 aromatic heterocycles. The molecule has 3 aromatic carbocycles. The van der Waals surface area contributed by atoms with E-state index >= 15 is 0 Å². The van der Waals surface area contributed by atoms with E-state index in [0.717, 1.165) is 87.0 Å². The van der Waals surface area contributed by atoms with Gasteiger partial charge in [-0.1, -0.05) is 43.2 Å². The number of amides is 1. The van der Waals surface area contributed by atoms with Gasteiger partial charge in [-0.3, -0.25) is 19.8 Å². The molecule has 0 radical (unpaired) electrons. The topological polar surface area (TPSA) is 204 Å². The lowest BCUT2D eigenvalue weighted by atomic mass is 9.72. The summed E-state index contributed by atoms with van der Waals surface area (Å²) in [5, 5.41) is 16.7. The highest BCUT2D eigenvalue weighted by atomic mass is 35.5. The van der Waals surface area contributed by atoms with Crippen molar-refractivity contribution in [3.8, 4) is 11.5 Å². The van der Waals surface area contributed by atoms with E-state index in [0.29, 0.717) is 31.2 Å². The number of hydrogen-bond acceptors (Lipinski definition) is 11. The van der Waals surface area contributed by atoms with Crippen LogP contribution in [0.25, 0.3) is 16.6 Å².